The van der Waals surface area contributed by atoms with E-state index in [0.717, 1.165) is 29.8 Å². The van der Waals surface area contributed by atoms with Crippen molar-refractivity contribution in [2.24, 2.45) is 7.05 Å². The largest absolute Gasteiger partial charge is 0.325 e. The zero-order valence-corrected chi connectivity index (χ0v) is 14.6. The first-order chi connectivity index (χ1) is 12.1. The fraction of sp³-hybridized carbons (Fsp3) is 0.250. The third kappa shape index (κ3) is 4.53. The summed E-state index contributed by atoms with van der Waals surface area (Å²) in [7, 11) is 1.93. The van der Waals surface area contributed by atoms with Crippen molar-refractivity contribution in [2.45, 2.75) is 26.2 Å². The Morgan fingerprint density at radius 1 is 1.20 bits per heavy atom. The van der Waals surface area contributed by atoms with Gasteiger partial charge in [-0.15, -0.1) is 0 Å². The number of nitrogens with one attached hydrogen (secondary N) is 1. The van der Waals surface area contributed by atoms with Gasteiger partial charge < -0.3 is 5.32 Å². The number of rotatable bonds is 6. The molecule has 5 nitrogen and oxygen atoms in total. The fourth-order valence-corrected chi connectivity index (χ4v) is 2.85. The minimum absolute atomic E-state index is 0.0237. The zero-order chi connectivity index (χ0) is 17.6. The molecule has 1 amide bonds. The van der Waals surface area contributed by atoms with Gasteiger partial charge in [-0.25, -0.2) is 0 Å². The lowest BCUT2D eigenvalue weighted by atomic mass is 10.0. The summed E-state index contributed by atoms with van der Waals surface area (Å²) in [5.41, 5.74) is 5.33. The van der Waals surface area contributed by atoms with E-state index in [9.17, 15) is 4.79 Å². The van der Waals surface area contributed by atoms with Crippen LogP contribution in [0.25, 0.3) is 11.1 Å². The molecule has 0 saturated heterocycles. The van der Waals surface area contributed by atoms with Gasteiger partial charge >= 0.3 is 0 Å². The molecule has 2 heterocycles. The van der Waals surface area contributed by atoms with E-state index in [1.165, 1.54) is 11.1 Å². The molecule has 0 atom stereocenters. The second kappa shape index (κ2) is 7.75. The number of pyridine rings is 1. The first-order valence-electron chi connectivity index (χ1n) is 8.41. The van der Waals surface area contributed by atoms with Crippen molar-refractivity contribution < 1.29 is 4.79 Å². The lowest BCUT2D eigenvalue weighted by Gasteiger charge is -2.06. The molecule has 128 valence electrons. The molecule has 0 saturated carbocycles. The van der Waals surface area contributed by atoms with Gasteiger partial charge in [-0.3, -0.25) is 14.5 Å². The number of amides is 1. The number of nitrogens with zero attached hydrogens (tertiary/aromatic N) is 3. The molecule has 5 heteroatoms. The topological polar surface area (TPSA) is 59.8 Å². The van der Waals surface area contributed by atoms with Crippen molar-refractivity contribution in [1.82, 2.24) is 14.8 Å². The van der Waals surface area contributed by atoms with Gasteiger partial charge in [-0.05, 0) is 43.0 Å². The van der Waals surface area contributed by atoms with Crippen molar-refractivity contribution in [3.63, 3.8) is 0 Å². The van der Waals surface area contributed by atoms with Gasteiger partial charge in [-0.2, -0.15) is 5.10 Å². The van der Waals surface area contributed by atoms with Crippen LogP contribution in [0.4, 0.5) is 5.69 Å². The molecule has 3 aromatic rings. The summed E-state index contributed by atoms with van der Waals surface area (Å²) in [6.45, 7) is 2.02. The van der Waals surface area contributed by atoms with E-state index in [4.69, 9.17) is 0 Å². The van der Waals surface area contributed by atoms with E-state index in [1.54, 1.807) is 18.5 Å². The highest BCUT2D eigenvalue weighted by Crippen LogP contribution is 2.23. The molecule has 2 aromatic heterocycles. The van der Waals surface area contributed by atoms with Gasteiger partial charge in [0.2, 0.25) is 5.91 Å². The molecule has 1 aromatic carbocycles. The summed E-state index contributed by atoms with van der Waals surface area (Å²) >= 11 is 0. The van der Waals surface area contributed by atoms with Crippen LogP contribution in [0.2, 0.25) is 0 Å². The number of anilines is 1. The van der Waals surface area contributed by atoms with Crippen molar-refractivity contribution in [3.8, 4) is 11.1 Å². The normalized spacial score (nSPS) is 10.6. The van der Waals surface area contributed by atoms with Crippen molar-refractivity contribution in [2.75, 3.05) is 5.32 Å². The van der Waals surface area contributed by atoms with Crippen LogP contribution in [0.1, 0.15) is 24.1 Å². The average Bonchev–Trinajstić information content (AvgIpc) is 2.95. The number of aryl methyl sites for hydroxylation is 3. The van der Waals surface area contributed by atoms with E-state index < -0.39 is 0 Å². The summed E-state index contributed by atoms with van der Waals surface area (Å²) in [5, 5.41) is 7.24. The van der Waals surface area contributed by atoms with E-state index >= 15 is 0 Å². The van der Waals surface area contributed by atoms with Crippen LogP contribution in [0.3, 0.4) is 0 Å². The van der Waals surface area contributed by atoms with Crippen LogP contribution >= 0.6 is 0 Å². The Morgan fingerprint density at radius 2 is 2.00 bits per heavy atom. The van der Waals surface area contributed by atoms with Gasteiger partial charge in [0.15, 0.2) is 0 Å². The Labute approximate surface area is 147 Å². The van der Waals surface area contributed by atoms with Gasteiger partial charge in [0.25, 0.3) is 0 Å². The molecule has 0 spiro atoms. The standard InChI is InChI=1S/C20H22N4O/c1-15-19(14-24(2)23-15)17-10-8-16(9-11-17)5-3-7-20(25)22-18-6-4-12-21-13-18/h4,6,8-14H,3,5,7H2,1-2H3,(H,22,25). The Balaban J connectivity index is 1.50. The number of carbonyl (C=O) groups excluding carboxylic acids is 1. The van der Waals surface area contributed by atoms with Crippen LogP contribution in [0.5, 0.6) is 0 Å². The highest BCUT2D eigenvalue weighted by molar-refractivity contribution is 5.90. The SMILES string of the molecule is Cc1nn(C)cc1-c1ccc(CCCC(=O)Nc2cccnc2)cc1. The van der Waals surface area contributed by atoms with Crippen LogP contribution in [0.15, 0.2) is 55.0 Å². The van der Waals surface area contributed by atoms with Crippen LogP contribution in [-0.2, 0) is 18.3 Å². The minimum Gasteiger partial charge on any atom is -0.325 e. The third-order valence-electron chi connectivity index (χ3n) is 4.09. The maximum Gasteiger partial charge on any atom is 0.224 e. The molecular formula is C20H22N4O. The molecule has 3 rings (SSSR count). The second-order valence-corrected chi connectivity index (χ2v) is 6.14. The van der Waals surface area contributed by atoms with Gasteiger partial charge in [0, 0.05) is 31.4 Å². The summed E-state index contributed by atoms with van der Waals surface area (Å²) in [5.74, 6) is 0.0237. The van der Waals surface area contributed by atoms with Crippen molar-refractivity contribution >= 4 is 11.6 Å². The molecule has 0 unspecified atom stereocenters. The Bertz CT molecular complexity index is 838. The number of carbonyl (C=O) groups is 1. The predicted octanol–water partition coefficient (Wildman–Crippen LogP) is 3.75. The summed E-state index contributed by atoms with van der Waals surface area (Å²) < 4.78 is 1.83. The number of hydrogen-bond donors (Lipinski definition) is 1. The molecule has 0 radical (unpaired) electrons. The molecule has 0 aliphatic rings. The Hall–Kier alpha value is -2.95. The molecule has 0 bridgehead atoms. The Kier molecular flexibility index (Phi) is 5.23. The van der Waals surface area contributed by atoms with Gasteiger partial charge in [0.1, 0.15) is 0 Å². The lowest BCUT2D eigenvalue weighted by Crippen LogP contribution is -2.11. The number of hydrogen-bond acceptors (Lipinski definition) is 3. The van der Waals surface area contributed by atoms with E-state index in [1.807, 2.05) is 30.9 Å². The second-order valence-electron chi connectivity index (χ2n) is 6.14. The van der Waals surface area contributed by atoms with Gasteiger partial charge in [-0.1, -0.05) is 24.3 Å². The van der Waals surface area contributed by atoms with Crippen LogP contribution < -0.4 is 5.32 Å². The molecule has 0 fully saturated rings. The monoisotopic (exact) mass is 334 g/mol. The summed E-state index contributed by atoms with van der Waals surface area (Å²) in [4.78, 5) is 15.9. The molecular weight excluding hydrogens is 312 g/mol. The smallest absolute Gasteiger partial charge is 0.224 e. The molecule has 0 aliphatic carbocycles. The highest BCUT2D eigenvalue weighted by atomic mass is 16.1. The Morgan fingerprint density at radius 3 is 2.64 bits per heavy atom. The van der Waals surface area contributed by atoms with E-state index in [2.05, 4.69) is 39.7 Å². The van der Waals surface area contributed by atoms with Crippen LogP contribution in [-0.4, -0.2) is 20.7 Å². The van der Waals surface area contributed by atoms with Crippen molar-refractivity contribution in [1.29, 1.82) is 0 Å². The van der Waals surface area contributed by atoms with Crippen LogP contribution in [0, 0.1) is 6.92 Å². The maximum atomic E-state index is 11.9. The fourth-order valence-electron chi connectivity index (χ4n) is 2.85. The zero-order valence-electron chi connectivity index (χ0n) is 14.6. The van der Waals surface area contributed by atoms with Crippen molar-refractivity contribution in [3.05, 3.63) is 66.2 Å². The number of benzene rings is 1. The average molecular weight is 334 g/mol. The minimum atomic E-state index is 0.0237. The third-order valence-corrected chi connectivity index (χ3v) is 4.09. The number of aromatic nitrogens is 3. The maximum absolute atomic E-state index is 11.9. The molecule has 1 N–H and O–H groups in total. The predicted molar refractivity (Wildman–Crippen MR) is 99.2 cm³/mol. The lowest BCUT2D eigenvalue weighted by molar-refractivity contribution is -0.116. The highest BCUT2D eigenvalue weighted by Gasteiger charge is 2.06. The first-order valence-corrected chi connectivity index (χ1v) is 8.41. The summed E-state index contributed by atoms with van der Waals surface area (Å²) in [6.07, 6.45) is 7.57. The van der Waals surface area contributed by atoms with E-state index in [-0.39, 0.29) is 5.91 Å². The quantitative estimate of drug-likeness (QED) is 0.747. The van der Waals surface area contributed by atoms with E-state index in [0.29, 0.717) is 6.42 Å². The summed E-state index contributed by atoms with van der Waals surface area (Å²) in [6, 6.07) is 12.1. The molecule has 25 heavy (non-hydrogen) atoms. The molecule has 0 aliphatic heterocycles. The first kappa shape index (κ1) is 16.9. The van der Waals surface area contributed by atoms with Gasteiger partial charge in [0.05, 0.1) is 17.6 Å².